The van der Waals surface area contributed by atoms with Gasteiger partial charge in [-0.1, -0.05) is 30.3 Å². The monoisotopic (exact) mass is 273 g/mol. The number of hydrogen-bond donors (Lipinski definition) is 2. The van der Waals surface area contributed by atoms with E-state index in [9.17, 15) is 4.79 Å². The van der Waals surface area contributed by atoms with Crippen LogP contribution in [0.1, 0.15) is 35.3 Å². The van der Waals surface area contributed by atoms with Crippen molar-refractivity contribution in [2.75, 3.05) is 6.61 Å². The van der Waals surface area contributed by atoms with Crippen LogP contribution in [0.25, 0.3) is 0 Å². The molecule has 0 bridgehead atoms. The quantitative estimate of drug-likeness (QED) is 0.842. The molecule has 1 atom stereocenters. The Bertz CT molecular complexity index is 551. The number of carbonyl (C=O) groups is 1. The molecule has 1 aromatic heterocycles. The Balaban J connectivity index is 2.10. The lowest BCUT2D eigenvalue weighted by atomic mass is 10.0. The van der Waals surface area contributed by atoms with Gasteiger partial charge < -0.3 is 10.4 Å². The van der Waals surface area contributed by atoms with E-state index in [1.165, 1.54) is 0 Å². The molecule has 2 aromatic rings. The Hall–Kier alpha value is -2.14. The smallest absolute Gasteiger partial charge is 0.254 e. The van der Waals surface area contributed by atoms with Gasteiger partial charge in [-0.15, -0.1) is 0 Å². The maximum atomic E-state index is 12.2. The van der Waals surface area contributed by atoms with Crippen LogP contribution >= 0.6 is 0 Å². The molecule has 1 aromatic carbocycles. The minimum Gasteiger partial charge on any atom is -0.396 e. The molecule has 0 spiro atoms. The van der Waals surface area contributed by atoms with E-state index in [0.29, 0.717) is 12.0 Å². The number of aromatic nitrogens is 2. The minimum atomic E-state index is -0.196. The van der Waals surface area contributed by atoms with Gasteiger partial charge in [-0.2, -0.15) is 5.10 Å². The van der Waals surface area contributed by atoms with Crippen molar-refractivity contribution >= 4 is 5.91 Å². The summed E-state index contributed by atoms with van der Waals surface area (Å²) in [5, 5.41) is 16.2. The highest BCUT2D eigenvalue weighted by Crippen LogP contribution is 2.16. The summed E-state index contributed by atoms with van der Waals surface area (Å²) in [6.07, 6.45) is 3.76. The SMILES string of the molecule is CCn1cc(C(=O)NC(CCO)c2ccccc2)cn1. The van der Waals surface area contributed by atoms with Gasteiger partial charge in [-0.25, -0.2) is 0 Å². The van der Waals surface area contributed by atoms with Crippen LogP contribution in [-0.4, -0.2) is 27.4 Å². The van der Waals surface area contributed by atoms with Crippen molar-refractivity contribution in [1.29, 1.82) is 0 Å². The number of hydrogen-bond acceptors (Lipinski definition) is 3. The second-order valence-corrected chi connectivity index (χ2v) is 4.53. The van der Waals surface area contributed by atoms with Crippen molar-refractivity contribution in [2.24, 2.45) is 0 Å². The van der Waals surface area contributed by atoms with Crippen LogP contribution in [0.15, 0.2) is 42.7 Å². The van der Waals surface area contributed by atoms with Crippen LogP contribution in [0.5, 0.6) is 0 Å². The second-order valence-electron chi connectivity index (χ2n) is 4.53. The Kier molecular flexibility index (Phi) is 4.90. The van der Waals surface area contributed by atoms with Crippen LogP contribution in [0, 0.1) is 0 Å². The molecule has 20 heavy (non-hydrogen) atoms. The number of aliphatic hydroxyl groups excluding tert-OH is 1. The third kappa shape index (κ3) is 3.45. The molecular formula is C15H19N3O2. The first-order valence-corrected chi connectivity index (χ1v) is 6.73. The summed E-state index contributed by atoms with van der Waals surface area (Å²) in [6, 6.07) is 9.44. The fourth-order valence-electron chi connectivity index (χ4n) is 2.03. The molecule has 0 fully saturated rings. The maximum Gasteiger partial charge on any atom is 0.254 e. The summed E-state index contributed by atoms with van der Waals surface area (Å²) in [5.41, 5.74) is 1.52. The van der Waals surface area contributed by atoms with Crippen molar-refractivity contribution in [3.05, 3.63) is 53.9 Å². The number of aliphatic hydroxyl groups is 1. The maximum absolute atomic E-state index is 12.2. The van der Waals surface area contributed by atoms with Crippen molar-refractivity contribution in [2.45, 2.75) is 25.9 Å². The van der Waals surface area contributed by atoms with Crippen LogP contribution < -0.4 is 5.32 Å². The first-order chi connectivity index (χ1) is 9.74. The fraction of sp³-hybridized carbons (Fsp3) is 0.333. The van der Waals surface area contributed by atoms with E-state index in [-0.39, 0.29) is 18.6 Å². The van der Waals surface area contributed by atoms with E-state index in [1.807, 2.05) is 37.3 Å². The van der Waals surface area contributed by atoms with Gasteiger partial charge in [0.1, 0.15) is 0 Å². The summed E-state index contributed by atoms with van der Waals surface area (Å²) < 4.78 is 1.71. The zero-order valence-electron chi connectivity index (χ0n) is 11.5. The van der Waals surface area contributed by atoms with Gasteiger partial charge in [-0.3, -0.25) is 9.48 Å². The molecule has 0 radical (unpaired) electrons. The second kappa shape index (κ2) is 6.86. The zero-order chi connectivity index (χ0) is 14.4. The standard InChI is InChI=1S/C15H19N3O2/c1-2-18-11-13(10-16-18)15(20)17-14(8-9-19)12-6-4-3-5-7-12/h3-7,10-11,14,19H,2,8-9H2,1H3,(H,17,20). The van der Waals surface area contributed by atoms with Gasteiger partial charge >= 0.3 is 0 Å². The highest BCUT2D eigenvalue weighted by molar-refractivity contribution is 5.93. The molecule has 1 amide bonds. The van der Waals surface area contributed by atoms with Crippen molar-refractivity contribution in [1.82, 2.24) is 15.1 Å². The van der Waals surface area contributed by atoms with Gasteiger partial charge in [0.2, 0.25) is 0 Å². The van der Waals surface area contributed by atoms with E-state index in [4.69, 9.17) is 5.11 Å². The molecule has 0 saturated heterocycles. The predicted octanol–water partition coefficient (Wildman–Crippen LogP) is 1.76. The predicted molar refractivity (Wildman–Crippen MR) is 76.3 cm³/mol. The Morgan fingerprint density at radius 1 is 1.40 bits per heavy atom. The first-order valence-electron chi connectivity index (χ1n) is 6.73. The number of aryl methyl sites for hydroxylation is 1. The number of benzene rings is 1. The summed E-state index contributed by atoms with van der Waals surface area (Å²) >= 11 is 0. The average Bonchev–Trinajstić information content (AvgIpc) is 2.97. The fourth-order valence-corrected chi connectivity index (χ4v) is 2.03. The number of nitrogens with one attached hydrogen (secondary N) is 1. The van der Waals surface area contributed by atoms with Crippen molar-refractivity contribution < 1.29 is 9.90 Å². The molecule has 0 aliphatic carbocycles. The third-order valence-corrected chi connectivity index (χ3v) is 3.14. The number of rotatable bonds is 6. The lowest BCUT2D eigenvalue weighted by molar-refractivity contribution is 0.0930. The molecule has 1 heterocycles. The molecule has 5 nitrogen and oxygen atoms in total. The lowest BCUT2D eigenvalue weighted by Gasteiger charge is -2.17. The summed E-state index contributed by atoms with van der Waals surface area (Å²) in [6.45, 7) is 2.72. The van der Waals surface area contributed by atoms with Crippen LogP contribution in [0.3, 0.4) is 0 Å². The third-order valence-electron chi connectivity index (χ3n) is 3.14. The Morgan fingerprint density at radius 3 is 2.75 bits per heavy atom. The van der Waals surface area contributed by atoms with Gasteiger partial charge in [0, 0.05) is 19.3 Å². The van der Waals surface area contributed by atoms with E-state index in [0.717, 1.165) is 12.1 Å². The molecule has 1 unspecified atom stereocenters. The highest BCUT2D eigenvalue weighted by atomic mass is 16.3. The van der Waals surface area contributed by atoms with Crippen LogP contribution in [0.4, 0.5) is 0 Å². The molecule has 2 N–H and O–H groups in total. The molecular weight excluding hydrogens is 254 g/mol. The summed E-state index contributed by atoms with van der Waals surface area (Å²) in [7, 11) is 0. The molecule has 0 saturated carbocycles. The molecule has 2 rings (SSSR count). The first kappa shape index (κ1) is 14.3. The number of carbonyl (C=O) groups excluding carboxylic acids is 1. The number of nitrogens with zero attached hydrogens (tertiary/aromatic N) is 2. The van der Waals surface area contributed by atoms with Crippen molar-refractivity contribution in [3.8, 4) is 0 Å². The van der Waals surface area contributed by atoms with Crippen LogP contribution in [0.2, 0.25) is 0 Å². The Labute approximate surface area is 118 Å². The average molecular weight is 273 g/mol. The highest BCUT2D eigenvalue weighted by Gasteiger charge is 2.16. The van der Waals surface area contributed by atoms with Gasteiger partial charge in [0.05, 0.1) is 17.8 Å². The van der Waals surface area contributed by atoms with E-state index in [1.54, 1.807) is 17.1 Å². The topological polar surface area (TPSA) is 67.2 Å². The lowest BCUT2D eigenvalue weighted by Crippen LogP contribution is -2.29. The molecule has 106 valence electrons. The largest absolute Gasteiger partial charge is 0.396 e. The van der Waals surface area contributed by atoms with E-state index < -0.39 is 0 Å². The van der Waals surface area contributed by atoms with Crippen LogP contribution in [-0.2, 0) is 6.54 Å². The van der Waals surface area contributed by atoms with Gasteiger partial charge in [-0.05, 0) is 18.9 Å². The summed E-state index contributed by atoms with van der Waals surface area (Å²) in [5.74, 6) is -0.174. The molecule has 5 heteroatoms. The minimum absolute atomic E-state index is 0.0219. The van der Waals surface area contributed by atoms with Gasteiger partial charge in [0.25, 0.3) is 5.91 Å². The normalized spacial score (nSPS) is 12.1. The zero-order valence-corrected chi connectivity index (χ0v) is 11.5. The van der Waals surface area contributed by atoms with E-state index >= 15 is 0 Å². The van der Waals surface area contributed by atoms with Gasteiger partial charge in [0.15, 0.2) is 0 Å². The van der Waals surface area contributed by atoms with E-state index in [2.05, 4.69) is 10.4 Å². The Morgan fingerprint density at radius 2 is 2.15 bits per heavy atom. The summed E-state index contributed by atoms with van der Waals surface area (Å²) in [4.78, 5) is 12.2. The van der Waals surface area contributed by atoms with Crippen molar-refractivity contribution in [3.63, 3.8) is 0 Å². The molecule has 0 aliphatic heterocycles. The number of amides is 1. The molecule has 0 aliphatic rings.